The first-order chi connectivity index (χ1) is 12.0. The molecule has 2 aromatic carbocycles. The van der Waals surface area contributed by atoms with Gasteiger partial charge in [-0.2, -0.15) is 0 Å². The van der Waals surface area contributed by atoms with E-state index in [9.17, 15) is 19.3 Å². The Morgan fingerprint density at radius 3 is 2.72 bits per heavy atom. The molecular formula is C17H12FN3O3S. The van der Waals surface area contributed by atoms with Gasteiger partial charge in [-0.15, -0.1) is 11.3 Å². The van der Waals surface area contributed by atoms with E-state index in [0.717, 1.165) is 10.4 Å². The topological polar surface area (TPSA) is 85.1 Å². The van der Waals surface area contributed by atoms with Crippen molar-refractivity contribution in [3.8, 4) is 0 Å². The fourth-order valence-electron chi connectivity index (χ4n) is 2.18. The number of hydrogen-bond donors (Lipinski definition) is 1. The molecule has 1 aromatic heterocycles. The van der Waals surface area contributed by atoms with E-state index in [-0.39, 0.29) is 17.1 Å². The van der Waals surface area contributed by atoms with Crippen molar-refractivity contribution in [2.24, 2.45) is 0 Å². The highest BCUT2D eigenvalue weighted by atomic mass is 32.1. The maximum absolute atomic E-state index is 12.9. The Kier molecular flexibility index (Phi) is 4.80. The fourth-order valence-corrected chi connectivity index (χ4v) is 3.02. The summed E-state index contributed by atoms with van der Waals surface area (Å²) in [6.07, 6.45) is 2.21. The lowest BCUT2D eigenvalue weighted by molar-refractivity contribution is -0.384. The second-order valence-electron chi connectivity index (χ2n) is 5.20. The molecule has 0 radical (unpaired) electrons. The molecule has 0 saturated heterocycles. The minimum atomic E-state index is -0.555. The molecule has 25 heavy (non-hydrogen) atoms. The van der Waals surface area contributed by atoms with Crippen LogP contribution in [0.4, 0.5) is 15.2 Å². The number of anilines is 1. The van der Waals surface area contributed by atoms with Crippen molar-refractivity contribution in [1.82, 2.24) is 4.98 Å². The number of nitrogens with zero attached hydrogens (tertiary/aromatic N) is 2. The van der Waals surface area contributed by atoms with Crippen molar-refractivity contribution < 1.29 is 14.1 Å². The van der Waals surface area contributed by atoms with Crippen LogP contribution in [0.5, 0.6) is 0 Å². The number of nitro benzene ring substituents is 1. The molecule has 0 aliphatic carbocycles. The summed E-state index contributed by atoms with van der Waals surface area (Å²) in [5, 5.41) is 13.8. The zero-order valence-corrected chi connectivity index (χ0v) is 13.6. The summed E-state index contributed by atoms with van der Waals surface area (Å²) in [5.74, 6) is -0.760. The van der Waals surface area contributed by atoms with Gasteiger partial charge in [0.1, 0.15) is 5.82 Å². The Balaban J connectivity index is 1.68. The van der Waals surface area contributed by atoms with Crippen LogP contribution in [0.25, 0.3) is 0 Å². The summed E-state index contributed by atoms with van der Waals surface area (Å²) in [6.45, 7) is 0. The molecule has 0 unspecified atom stereocenters. The number of aromatic nitrogens is 1. The minimum Gasteiger partial charge on any atom is -0.298 e. The number of halogens is 1. The van der Waals surface area contributed by atoms with E-state index in [0.29, 0.717) is 11.6 Å². The highest BCUT2D eigenvalue weighted by Crippen LogP contribution is 2.22. The summed E-state index contributed by atoms with van der Waals surface area (Å²) in [6, 6.07) is 11.6. The normalized spacial score (nSPS) is 10.4. The lowest BCUT2D eigenvalue weighted by Crippen LogP contribution is -2.11. The summed E-state index contributed by atoms with van der Waals surface area (Å²) in [4.78, 5) is 27.4. The van der Waals surface area contributed by atoms with Crippen molar-refractivity contribution in [2.75, 3.05) is 5.32 Å². The van der Waals surface area contributed by atoms with E-state index >= 15 is 0 Å². The zero-order chi connectivity index (χ0) is 17.8. The fraction of sp³-hybridized carbons (Fsp3) is 0.0588. The van der Waals surface area contributed by atoms with E-state index in [4.69, 9.17) is 0 Å². The molecular weight excluding hydrogens is 345 g/mol. The third-order valence-corrected chi connectivity index (χ3v) is 4.30. The molecule has 0 saturated carbocycles. The predicted octanol–water partition coefficient (Wildman–Crippen LogP) is 4.03. The lowest BCUT2D eigenvalue weighted by Gasteiger charge is -2.01. The van der Waals surface area contributed by atoms with Gasteiger partial charge in [-0.3, -0.25) is 20.2 Å². The largest absolute Gasteiger partial charge is 0.298 e. The molecule has 1 heterocycles. The number of carbonyl (C=O) groups excluding carboxylic acids is 1. The van der Waals surface area contributed by atoms with Crippen LogP contribution in [0.3, 0.4) is 0 Å². The third kappa shape index (κ3) is 4.24. The monoisotopic (exact) mass is 357 g/mol. The number of carbonyl (C=O) groups is 1. The van der Waals surface area contributed by atoms with Crippen LogP contribution in [0.15, 0.2) is 54.7 Å². The third-order valence-electron chi connectivity index (χ3n) is 3.38. The van der Waals surface area contributed by atoms with Crippen LogP contribution in [0.2, 0.25) is 0 Å². The molecule has 6 nitrogen and oxygen atoms in total. The molecule has 0 spiro atoms. The van der Waals surface area contributed by atoms with E-state index in [1.807, 2.05) is 0 Å². The van der Waals surface area contributed by atoms with Crippen LogP contribution in [0, 0.1) is 15.9 Å². The van der Waals surface area contributed by atoms with Gasteiger partial charge in [-0.05, 0) is 23.8 Å². The van der Waals surface area contributed by atoms with Gasteiger partial charge in [0.05, 0.1) is 4.92 Å². The number of benzene rings is 2. The van der Waals surface area contributed by atoms with Gasteiger partial charge >= 0.3 is 0 Å². The van der Waals surface area contributed by atoms with Gasteiger partial charge in [0.15, 0.2) is 5.13 Å². The molecule has 0 aliphatic rings. The van der Waals surface area contributed by atoms with Gasteiger partial charge in [-0.1, -0.05) is 18.2 Å². The molecule has 3 aromatic rings. The Morgan fingerprint density at radius 2 is 2.00 bits per heavy atom. The van der Waals surface area contributed by atoms with E-state index in [2.05, 4.69) is 10.3 Å². The van der Waals surface area contributed by atoms with Crippen molar-refractivity contribution >= 4 is 28.1 Å². The number of nitro groups is 1. The second kappa shape index (κ2) is 7.18. The number of nitrogens with one attached hydrogen (secondary N) is 1. The summed E-state index contributed by atoms with van der Waals surface area (Å²) >= 11 is 1.29. The summed E-state index contributed by atoms with van der Waals surface area (Å²) < 4.78 is 12.9. The quantitative estimate of drug-likeness (QED) is 0.552. The molecule has 1 amide bonds. The van der Waals surface area contributed by atoms with Crippen molar-refractivity contribution in [3.63, 3.8) is 0 Å². The van der Waals surface area contributed by atoms with Gasteiger partial charge < -0.3 is 0 Å². The van der Waals surface area contributed by atoms with Crippen LogP contribution in [0.1, 0.15) is 20.8 Å². The maximum atomic E-state index is 12.9. The van der Waals surface area contributed by atoms with Crippen LogP contribution >= 0.6 is 11.3 Å². The van der Waals surface area contributed by atoms with E-state index in [1.165, 1.54) is 47.7 Å². The highest BCUT2D eigenvalue weighted by molar-refractivity contribution is 7.15. The molecule has 0 atom stereocenters. The number of thiazole rings is 1. The Labute approximate surface area is 146 Å². The molecule has 1 N–H and O–H groups in total. The number of hydrogen-bond acceptors (Lipinski definition) is 5. The maximum Gasteiger partial charge on any atom is 0.270 e. The Hall–Kier alpha value is -3.13. The SMILES string of the molecule is O=C(Nc1ncc(Cc2ccc(F)cc2)s1)c1cccc([N+](=O)[O-])c1. The Morgan fingerprint density at radius 1 is 1.24 bits per heavy atom. The first kappa shape index (κ1) is 16.7. The summed E-state index contributed by atoms with van der Waals surface area (Å²) in [7, 11) is 0. The number of non-ortho nitro benzene ring substituents is 1. The number of amides is 1. The van der Waals surface area contributed by atoms with Gasteiger partial charge in [-0.25, -0.2) is 9.37 Å². The lowest BCUT2D eigenvalue weighted by atomic mass is 10.1. The van der Waals surface area contributed by atoms with Gasteiger partial charge in [0, 0.05) is 35.2 Å². The van der Waals surface area contributed by atoms with Crippen molar-refractivity contribution in [3.05, 3.63) is 86.7 Å². The minimum absolute atomic E-state index is 0.149. The first-order valence-electron chi connectivity index (χ1n) is 7.26. The Bertz CT molecular complexity index is 925. The molecule has 0 aliphatic heterocycles. The average Bonchev–Trinajstić information content (AvgIpc) is 3.04. The van der Waals surface area contributed by atoms with E-state index in [1.54, 1.807) is 18.3 Å². The van der Waals surface area contributed by atoms with Crippen molar-refractivity contribution in [2.45, 2.75) is 6.42 Å². The molecule has 126 valence electrons. The average molecular weight is 357 g/mol. The van der Waals surface area contributed by atoms with Crippen LogP contribution < -0.4 is 5.32 Å². The van der Waals surface area contributed by atoms with Gasteiger partial charge in [0.2, 0.25) is 0 Å². The number of rotatable bonds is 5. The zero-order valence-electron chi connectivity index (χ0n) is 12.8. The second-order valence-corrected chi connectivity index (χ2v) is 6.31. The highest BCUT2D eigenvalue weighted by Gasteiger charge is 2.13. The summed E-state index contributed by atoms with van der Waals surface area (Å²) in [5.41, 5.74) is 0.967. The van der Waals surface area contributed by atoms with Crippen molar-refractivity contribution in [1.29, 1.82) is 0 Å². The van der Waals surface area contributed by atoms with Gasteiger partial charge in [0.25, 0.3) is 11.6 Å². The molecule has 0 fully saturated rings. The predicted molar refractivity (Wildman–Crippen MR) is 92.4 cm³/mol. The smallest absolute Gasteiger partial charge is 0.270 e. The molecule has 0 bridgehead atoms. The first-order valence-corrected chi connectivity index (χ1v) is 8.08. The van der Waals surface area contributed by atoms with Crippen LogP contribution in [-0.4, -0.2) is 15.8 Å². The van der Waals surface area contributed by atoms with E-state index < -0.39 is 10.8 Å². The standard InChI is InChI=1S/C17H12FN3O3S/c18-13-6-4-11(5-7-13)8-15-10-19-17(25-15)20-16(22)12-2-1-3-14(9-12)21(23)24/h1-7,9-10H,8H2,(H,19,20,22). The molecule has 8 heteroatoms. The van der Waals surface area contributed by atoms with Crippen LogP contribution in [-0.2, 0) is 6.42 Å². The molecule has 3 rings (SSSR count).